The highest BCUT2D eigenvalue weighted by atomic mass is 79.9. The van der Waals surface area contributed by atoms with E-state index in [1.54, 1.807) is 31.2 Å². The number of carbonyl (C=O) groups is 1. The van der Waals surface area contributed by atoms with E-state index in [-0.39, 0.29) is 18.3 Å². The van der Waals surface area contributed by atoms with E-state index in [1.165, 1.54) is 0 Å². The summed E-state index contributed by atoms with van der Waals surface area (Å²) in [5, 5.41) is 13.8. The molecule has 0 bridgehead atoms. The van der Waals surface area contributed by atoms with Gasteiger partial charge in [0, 0.05) is 10.0 Å². The third-order valence-corrected chi connectivity index (χ3v) is 3.87. The first-order chi connectivity index (χ1) is 11.4. The normalized spacial score (nSPS) is 11.2. The van der Waals surface area contributed by atoms with Crippen LogP contribution < -0.4 is 10.2 Å². The maximum Gasteiger partial charge on any atom is 0.277 e. The van der Waals surface area contributed by atoms with Crippen molar-refractivity contribution in [3.05, 3.63) is 57.6 Å². The van der Waals surface area contributed by atoms with Crippen molar-refractivity contribution >= 4 is 27.5 Å². The van der Waals surface area contributed by atoms with Gasteiger partial charge < -0.3 is 9.84 Å². The Balaban J connectivity index is 1.97. The van der Waals surface area contributed by atoms with Crippen molar-refractivity contribution in [2.75, 3.05) is 6.61 Å². The Kier molecular flexibility index (Phi) is 5.98. The number of benzene rings is 2. The SMILES string of the molecule is CC(=NNC(=O)COc1c(C)cc(Br)cc1C)c1ccccc1O. The molecule has 0 spiro atoms. The number of carbonyl (C=O) groups excluding carboxylic acids is 1. The highest BCUT2D eigenvalue weighted by Crippen LogP contribution is 2.27. The molecule has 0 aliphatic carbocycles. The van der Waals surface area contributed by atoms with Gasteiger partial charge in [-0.3, -0.25) is 4.79 Å². The summed E-state index contributed by atoms with van der Waals surface area (Å²) in [5.41, 5.74) is 5.41. The van der Waals surface area contributed by atoms with E-state index >= 15 is 0 Å². The van der Waals surface area contributed by atoms with Crippen molar-refractivity contribution in [1.29, 1.82) is 0 Å². The van der Waals surface area contributed by atoms with E-state index in [1.807, 2.05) is 26.0 Å². The van der Waals surface area contributed by atoms with Crippen molar-refractivity contribution in [1.82, 2.24) is 5.43 Å². The number of halogens is 1. The number of phenolic OH excluding ortho intramolecular Hbond substituents is 1. The van der Waals surface area contributed by atoms with Crippen LogP contribution in [0.25, 0.3) is 0 Å². The quantitative estimate of drug-likeness (QED) is 0.603. The summed E-state index contributed by atoms with van der Waals surface area (Å²) in [5.74, 6) is 0.437. The number of hydrogen-bond donors (Lipinski definition) is 2. The molecule has 0 aliphatic rings. The van der Waals surface area contributed by atoms with Gasteiger partial charge in [-0.1, -0.05) is 28.1 Å². The van der Waals surface area contributed by atoms with Gasteiger partial charge in [-0.05, 0) is 56.2 Å². The van der Waals surface area contributed by atoms with Crippen LogP contribution in [0.5, 0.6) is 11.5 Å². The summed E-state index contributed by atoms with van der Waals surface area (Å²) < 4.78 is 6.56. The predicted molar refractivity (Wildman–Crippen MR) is 97.6 cm³/mol. The summed E-state index contributed by atoms with van der Waals surface area (Å²) in [6, 6.07) is 10.7. The molecular formula is C18H19BrN2O3. The maximum absolute atomic E-state index is 11.9. The third-order valence-electron chi connectivity index (χ3n) is 3.41. The van der Waals surface area contributed by atoms with Crippen molar-refractivity contribution < 1.29 is 14.6 Å². The molecule has 0 aromatic heterocycles. The van der Waals surface area contributed by atoms with Crippen LogP contribution >= 0.6 is 15.9 Å². The molecular weight excluding hydrogens is 372 g/mol. The van der Waals surface area contributed by atoms with Crippen LogP contribution in [0.3, 0.4) is 0 Å². The number of aromatic hydroxyl groups is 1. The highest BCUT2D eigenvalue weighted by Gasteiger charge is 2.09. The van der Waals surface area contributed by atoms with Crippen LogP contribution in [-0.2, 0) is 4.79 Å². The molecule has 0 aliphatic heterocycles. The molecule has 2 aromatic rings. The van der Waals surface area contributed by atoms with E-state index in [2.05, 4.69) is 26.5 Å². The molecule has 2 N–H and O–H groups in total. The number of amides is 1. The molecule has 6 heteroatoms. The number of ether oxygens (including phenoxy) is 1. The highest BCUT2D eigenvalue weighted by molar-refractivity contribution is 9.10. The number of nitrogens with zero attached hydrogens (tertiary/aromatic N) is 1. The van der Waals surface area contributed by atoms with Crippen molar-refractivity contribution in [2.45, 2.75) is 20.8 Å². The molecule has 126 valence electrons. The molecule has 0 atom stereocenters. The second-order valence-corrected chi connectivity index (χ2v) is 6.32. The zero-order valence-corrected chi connectivity index (χ0v) is 15.3. The lowest BCUT2D eigenvalue weighted by Crippen LogP contribution is -2.26. The Bertz CT molecular complexity index is 765. The average Bonchev–Trinajstić information content (AvgIpc) is 2.52. The van der Waals surface area contributed by atoms with Gasteiger partial charge in [0.15, 0.2) is 6.61 Å². The van der Waals surface area contributed by atoms with Gasteiger partial charge in [-0.15, -0.1) is 0 Å². The lowest BCUT2D eigenvalue weighted by atomic mass is 10.1. The summed E-state index contributed by atoms with van der Waals surface area (Å²) >= 11 is 3.42. The summed E-state index contributed by atoms with van der Waals surface area (Å²) in [7, 11) is 0. The Hall–Kier alpha value is -2.34. The van der Waals surface area contributed by atoms with Crippen molar-refractivity contribution in [3.8, 4) is 11.5 Å². The van der Waals surface area contributed by atoms with Gasteiger partial charge in [0.2, 0.25) is 0 Å². The number of phenols is 1. The minimum atomic E-state index is -0.369. The van der Waals surface area contributed by atoms with E-state index in [9.17, 15) is 9.90 Å². The molecule has 5 nitrogen and oxygen atoms in total. The van der Waals surface area contributed by atoms with Gasteiger partial charge in [0.25, 0.3) is 5.91 Å². The largest absolute Gasteiger partial charge is 0.507 e. The van der Waals surface area contributed by atoms with Crippen molar-refractivity contribution in [2.24, 2.45) is 5.10 Å². The number of hydrazone groups is 1. The van der Waals surface area contributed by atoms with Gasteiger partial charge >= 0.3 is 0 Å². The Morgan fingerprint density at radius 2 is 1.88 bits per heavy atom. The van der Waals surface area contributed by atoms with Crippen LogP contribution in [0.15, 0.2) is 46.0 Å². The molecule has 0 saturated carbocycles. The standard InChI is InChI=1S/C18H19BrN2O3/c1-11-8-14(19)9-12(2)18(11)24-10-17(23)21-20-13(3)15-6-4-5-7-16(15)22/h4-9,22H,10H2,1-3H3,(H,21,23). The van der Waals surface area contributed by atoms with Crippen LogP contribution in [0.1, 0.15) is 23.6 Å². The molecule has 0 radical (unpaired) electrons. The first-order valence-electron chi connectivity index (χ1n) is 7.39. The second-order valence-electron chi connectivity index (χ2n) is 5.41. The van der Waals surface area contributed by atoms with Gasteiger partial charge in [0.05, 0.1) is 5.71 Å². The average molecular weight is 391 g/mol. The summed E-state index contributed by atoms with van der Waals surface area (Å²) in [4.78, 5) is 11.9. The Morgan fingerprint density at radius 3 is 2.50 bits per heavy atom. The molecule has 0 unspecified atom stereocenters. The fourth-order valence-corrected chi connectivity index (χ4v) is 2.97. The zero-order chi connectivity index (χ0) is 17.7. The zero-order valence-electron chi connectivity index (χ0n) is 13.8. The molecule has 0 fully saturated rings. The van der Waals surface area contributed by atoms with Crippen LogP contribution in [0.2, 0.25) is 0 Å². The molecule has 1 amide bonds. The predicted octanol–water partition coefficient (Wildman–Crippen LogP) is 3.69. The minimum Gasteiger partial charge on any atom is -0.507 e. The van der Waals surface area contributed by atoms with Crippen molar-refractivity contribution in [3.63, 3.8) is 0 Å². The lowest BCUT2D eigenvalue weighted by Gasteiger charge is -2.12. The molecule has 24 heavy (non-hydrogen) atoms. The van der Waals surface area contributed by atoms with E-state index < -0.39 is 0 Å². The third kappa shape index (κ3) is 4.58. The number of hydrogen-bond acceptors (Lipinski definition) is 4. The van der Waals surface area contributed by atoms with Crippen LogP contribution in [0.4, 0.5) is 0 Å². The summed E-state index contributed by atoms with van der Waals surface area (Å²) in [6.45, 7) is 5.41. The van der Waals surface area contributed by atoms with E-state index in [0.29, 0.717) is 17.0 Å². The lowest BCUT2D eigenvalue weighted by molar-refractivity contribution is -0.123. The Morgan fingerprint density at radius 1 is 1.25 bits per heavy atom. The van der Waals surface area contributed by atoms with E-state index in [0.717, 1.165) is 15.6 Å². The topological polar surface area (TPSA) is 70.9 Å². The van der Waals surface area contributed by atoms with E-state index in [4.69, 9.17) is 4.74 Å². The number of para-hydroxylation sites is 1. The first kappa shape index (κ1) is 18.0. The number of rotatable bonds is 5. The Labute approximate surface area is 149 Å². The number of aryl methyl sites for hydroxylation is 2. The van der Waals surface area contributed by atoms with Crippen LogP contribution in [0, 0.1) is 13.8 Å². The second kappa shape index (κ2) is 7.97. The monoisotopic (exact) mass is 390 g/mol. The number of nitrogens with one attached hydrogen (secondary N) is 1. The molecule has 0 heterocycles. The van der Waals surface area contributed by atoms with Gasteiger partial charge in [-0.2, -0.15) is 5.10 Å². The smallest absolute Gasteiger partial charge is 0.277 e. The first-order valence-corrected chi connectivity index (χ1v) is 8.19. The molecule has 2 aromatic carbocycles. The van der Waals surface area contributed by atoms with Gasteiger partial charge in [-0.25, -0.2) is 5.43 Å². The minimum absolute atomic E-state index is 0.116. The van der Waals surface area contributed by atoms with Gasteiger partial charge in [0.1, 0.15) is 11.5 Å². The fourth-order valence-electron chi connectivity index (χ4n) is 2.28. The van der Waals surface area contributed by atoms with Crippen LogP contribution in [-0.4, -0.2) is 23.3 Å². The fraction of sp³-hybridized carbons (Fsp3) is 0.222. The molecule has 0 saturated heterocycles. The molecule has 2 rings (SSSR count). The maximum atomic E-state index is 11.9. The summed E-state index contributed by atoms with van der Waals surface area (Å²) in [6.07, 6.45) is 0.